The van der Waals surface area contributed by atoms with Crippen LogP contribution in [0.4, 0.5) is 0 Å². The van der Waals surface area contributed by atoms with Gasteiger partial charge in [-0.2, -0.15) is 0 Å². The fourth-order valence-electron chi connectivity index (χ4n) is 6.48. The minimum absolute atomic E-state index is 0.0361. The Morgan fingerprint density at radius 1 is 0.946 bits per heavy atom. The Morgan fingerprint density at radius 3 is 2.35 bits per heavy atom. The molecule has 2 aromatic carbocycles. The van der Waals surface area contributed by atoms with Gasteiger partial charge in [0.1, 0.15) is 12.2 Å². The highest BCUT2D eigenvalue weighted by Crippen LogP contribution is 2.56. The van der Waals surface area contributed by atoms with Gasteiger partial charge < -0.3 is 5.11 Å². The molecule has 0 aliphatic heterocycles. The first-order valence-corrected chi connectivity index (χ1v) is 12.7. The first-order chi connectivity index (χ1) is 18.0. The lowest BCUT2D eigenvalue weighted by atomic mass is 9.52. The van der Waals surface area contributed by atoms with Gasteiger partial charge in [0.25, 0.3) is 0 Å². The molecule has 0 saturated heterocycles. The van der Waals surface area contributed by atoms with Gasteiger partial charge in [-0.3, -0.25) is 4.79 Å². The van der Waals surface area contributed by atoms with Crippen LogP contribution in [0, 0.1) is 18.8 Å². The molecular formula is C31H28N4O2. The van der Waals surface area contributed by atoms with E-state index in [2.05, 4.69) is 46.4 Å². The van der Waals surface area contributed by atoms with Gasteiger partial charge in [-0.1, -0.05) is 61.5 Å². The van der Waals surface area contributed by atoms with E-state index >= 15 is 0 Å². The minimum atomic E-state index is -0.513. The molecule has 6 heteroatoms. The molecule has 2 aliphatic rings. The summed E-state index contributed by atoms with van der Waals surface area (Å²) in [5.74, 6) is 0.603. The number of rotatable bonds is 3. The molecule has 0 bridgehead atoms. The molecule has 2 aliphatic carbocycles. The molecule has 6 nitrogen and oxygen atoms in total. The van der Waals surface area contributed by atoms with Crippen molar-refractivity contribution in [2.24, 2.45) is 11.8 Å². The molecular weight excluding hydrogens is 460 g/mol. The third-order valence-corrected chi connectivity index (χ3v) is 8.18. The predicted molar refractivity (Wildman–Crippen MR) is 142 cm³/mol. The van der Waals surface area contributed by atoms with E-state index in [0.29, 0.717) is 17.8 Å². The van der Waals surface area contributed by atoms with Gasteiger partial charge in [-0.25, -0.2) is 19.9 Å². The predicted octanol–water partition coefficient (Wildman–Crippen LogP) is 5.81. The Kier molecular flexibility index (Phi) is 5.67. The van der Waals surface area contributed by atoms with Crippen LogP contribution in [-0.2, 0) is 16.6 Å². The Bertz CT molecular complexity index is 1500. The van der Waals surface area contributed by atoms with Crippen LogP contribution in [0.15, 0.2) is 85.2 Å². The molecule has 6 rings (SSSR count). The summed E-state index contributed by atoms with van der Waals surface area (Å²) in [7, 11) is 0. The van der Waals surface area contributed by atoms with E-state index in [1.807, 2.05) is 32.0 Å². The van der Waals surface area contributed by atoms with E-state index in [9.17, 15) is 9.90 Å². The number of aryl methyl sites for hydroxylation is 1. The molecule has 0 radical (unpaired) electrons. The number of Topliss-reactive ketones (excluding diaryl/α,β-unsaturated/α-hetero) is 1. The summed E-state index contributed by atoms with van der Waals surface area (Å²) in [5.41, 5.74) is 7.16. The number of fused-ring (bicyclic) bond motifs is 3. The average molecular weight is 489 g/mol. The van der Waals surface area contributed by atoms with Crippen LogP contribution < -0.4 is 0 Å². The lowest BCUT2D eigenvalue weighted by Gasteiger charge is -2.51. The number of aliphatic hydroxyl groups is 1. The SMILES string of the molecule is Cc1nc(-c2ccc(-c3cncnc3)cc2)c2c(n1)[C@@]1(c3ccccc3)CC(=CO)C(=O)[C@@H](C)[C@@H]1CC2. The number of ketones is 1. The summed E-state index contributed by atoms with van der Waals surface area (Å²) in [6.45, 7) is 3.93. The molecule has 4 aromatic rings. The van der Waals surface area contributed by atoms with Crippen LogP contribution >= 0.6 is 0 Å². The van der Waals surface area contributed by atoms with Gasteiger partial charge in [0.05, 0.1) is 17.6 Å². The monoisotopic (exact) mass is 488 g/mol. The van der Waals surface area contributed by atoms with Crippen LogP contribution in [0.25, 0.3) is 22.4 Å². The quantitative estimate of drug-likeness (QED) is 0.289. The Hall–Kier alpha value is -4.19. The van der Waals surface area contributed by atoms with E-state index in [1.165, 1.54) is 6.33 Å². The van der Waals surface area contributed by atoms with E-state index in [4.69, 9.17) is 9.97 Å². The number of allylic oxidation sites excluding steroid dienone is 1. The summed E-state index contributed by atoms with van der Waals surface area (Å²) in [6, 6.07) is 18.7. The second kappa shape index (κ2) is 9.04. The Balaban J connectivity index is 1.55. The number of hydrogen-bond donors (Lipinski definition) is 1. The van der Waals surface area contributed by atoms with Crippen LogP contribution in [0.2, 0.25) is 0 Å². The van der Waals surface area contributed by atoms with Crippen molar-refractivity contribution in [3.8, 4) is 22.4 Å². The van der Waals surface area contributed by atoms with Crippen molar-refractivity contribution in [1.29, 1.82) is 0 Å². The third-order valence-electron chi connectivity index (χ3n) is 8.18. The number of aromatic nitrogens is 4. The maximum absolute atomic E-state index is 13.1. The van der Waals surface area contributed by atoms with Crippen molar-refractivity contribution in [3.05, 3.63) is 108 Å². The number of nitrogens with zero attached hydrogens (tertiary/aromatic N) is 4. The zero-order valence-electron chi connectivity index (χ0n) is 20.9. The number of benzene rings is 2. The van der Waals surface area contributed by atoms with Gasteiger partial charge in [0.2, 0.25) is 0 Å². The lowest BCUT2D eigenvalue weighted by Crippen LogP contribution is -2.51. The van der Waals surface area contributed by atoms with Crippen LogP contribution in [-0.4, -0.2) is 30.8 Å². The van der Waals surface area contributed by atoms with Crippen molar-refractivity contribution in [3.63, 3.8) is 0 Å². The second-order valence-corrected chi connectivity index (χ2v) is 10.1. The molecule has 1 fully saturated rings. The number of carbonyl (C=O) groups is 1. The Morgan fingerprint density at radius 2 is 1.65 bits per heavy atom. The van der Waals surface area contributed by atoms with Crippen molar-refractivity contribution in [2.75, 3.05) is 0 Å². The van der Waals surface area contributed by atoms with Gasteiger partial charge in [-0.15, -0.1) is 0 Å². The van der Waals surface area contributed by atoms with Crippen LogP contribution in [0.3, 0.4) is 0 Å². The third kappa shape index (κ3) is 3.67. The smallest absolute Gasteiger partial charge is 0.165 e. The molecule has 184 valence electrons. The maximum Gasteiger partial charge on any atom is 0.165 e. The highest BCUT2D eigenvalue weighted by Gasteiger charge is 2.55. The molecule has 0 spiro atoms. The molecule has 37 heavy (non-hydrogen) atoms. The van der Waals surface area contributed by atoms with Crippen LogP contribution in [0.1, 0.15) is 42.4 Å². The van der Waals surface area contributed by atoms with E-state index in [1.54, 1.807) is 12.4 Å². The fraction of sp³-hybridized carbons (Fsp3) is 0.258. The van der Waals surface area contributed by atoms with Crippen molar-refractivity contribution in [1.82, 2.24) is 19.9 Å². The number of carbonyl (C=O) groups excluding carboxylic acids is 1. The zero-order valence-corrected chi connectivity index (χ0v) is 20.9. The minimum Gasteiger partial charge on any atom is -0.515 e. The summed E-state index contributed by atoms with van der Waals surface area (Å²) < 4.78 is 0. The summed E-state index contributed by atoms with van der Waals surface area (Å²) in [6.07, 6.45) is 8.23. The molecule has 3 atom stereocenters. The molecule has 0 amide bonds. The molecule has 2 aromatic heterocycles. The van der Waals surface area contributed by atoms with Gasteiger partial charge >= 0.3 is 0 Å². The molecule has 1 saturated carbocycles. The standard InChI is InChI=1S/C31H28N4O2/c1-19-27-13-12-26-28(22-10-8-21(9-11-22)24-15-32-18-33-16-24)34-20(2)35-30(26)31(27,14-23(17-36)29(19)37)25-6-4-3-5-7-25/h3-11,15-19,27,36H,12-14H2,1-2H3/t19-,27-,31+/m0/s1. The summed E-state index contributed by atoms with van der Waals surface area (Å²) >= 11 is 0. The van der Waals surface area contributed by atoms with Crippen molar-refractivity contribution < 1.29 is 9.90 Å². The van der Waals surface area contributed by atoms with Crippen molar-refractivity contribution in [2.45, 2.75) is 38.5 Å². The Labute approximate surface area is 216 Å². The zero-order chi connectivity index (χ0) is 25.6. The molecule has 2 heterocycles. The van der Waals surface area contributed by atoms with Gasteiger partial charge in [0, 0.05) is 46.0 Å². The highest BCUT2D eigenvalue weighted by atomic mass is 16.2. The lowest BCUT2D eigenvalue weighted by molar-refractivity contribution is -0.123. The van der Waals surface area contributed by atoms with E-state index in [-0.39, 0.29) is 17.6 Å². The van der Waals surface area contributed by atoms with E-state index in [0.717, 1.165) is 58.3 Å². The topological polar surface area (TPSA) is 88.9 Å². The van der Waals surface area contributed by atoms with E-state index < -0.39 is 5.41 Å². The molecule has 0 unspecified atom stereocenters. The normalized spacial score (nSPS) is 23.9. The first kappa shape index (κ1) is 23.2. The highest BCUT2D eigenvalue weighted by molar-refractivity contribution is 5.98. The number of aliphatic hydroxyl groups excluding tert-OH is 1. The van der Waals surface area contributed by atoms with Crippen molar-refractivity contribution >= 4 is 5.78 Å². The van der Waals surface area contributed by atoms with Gasteiger partial charge in [-0.05, 0) is 43.2 Å². The largest absolute Gasteiger partial charge is 0.515 e. The molecule has 1 N–H and O–H groups in total. The maximum atomic E-state index is 13.1. The first-order valence-electron chi connectivity index (χ1n) is 12.7. The summed E-state index contributed by atoms with van der Waals surface area (Å²) in [5, 5.41) is 10.1. The second-order valence-electron chi connectivity index (χ2n) is 10.1. The average Bonchev–Trinajstić information content (AvgIpc) is 2.95. The number of hydrogen-bond acceptors (Lipinski definition) is 6. The van der Waals surface area contributed by atoms with Gasteiger partial charge in [0.15, 0.2) is 5.78 Å². The fourth-order valence-corrected chi connectivity index (χ4v) is 6.48. The van der Waals surface area contributed by atoms with Crippen LogP contribution in [0.5, 0.6) is 0 Å². The summed E-state index contributed by atoms with van der Waals surface area (Å²) in [4.78, 5) is 31.4.